The van der Waals surface area contributed by atoms with Crippen molar-refractivity contribution in [2.75, 3.05) is 0 Å². The first kappa shape index (κ1) is 11.8. The maximum Gasteiger partial charge on any atom is 0.244 e. The van der Waals surface area contributed by atoms with Crippen LogP contribution in [-0.2, 0) is 4.79 Å². The molecule has 1 amide bonds. The molecule has 0 aliphatic heterocycles. The van der Waals surface area contributed by atoms with Crippen molar-refractivity contribution in [2.45, 2.75) is 6.92 Å². The second-order valence-electron chi connectivity index (χ2n) is 2.98. The lowest BCUT2D eigenvalue weighted by atomic mass is 10.1. The second kappa shape index (κ2) is 4.53. The fraction of sp³-hybridized carbons (Fsp3) is 0.100. The van der Waals surface area contributed by atoms with Crippen molar-refractivity contribution in [1.29, 1.82) is 0 Å². The summed E-state index contributed by atoms with van der Waals surface area (Å²) >= 11 is 2.95. The number of nitrogens with two attached hydrogens (primary N) is 1. The van der Waals surface area contributed by atoms with Crippen LogP contribution in [-0.4, -0.2) is 5.91 Å². The van der Waals surface area contributed by atoms with E-state index in [1.54, 1.807) is 0 Å². The van der Waals surface area contributed by atoms with Gasteiger partial charge < -0.3 is 5.73 Å². The Kier molecular flexibility index (Phi) is 3.57. The summed E-state index contributed by atoms with van der Waals surface area (Å²) in [5.74, 6) is -2.07. The number of hydrogen-bond donors (Lipinski definition) is 1. The van der Waals surface area contributed by atoms with E-state index in [0.29, 0.717) is 0 Å². The molecule has 5 heteroatoms. The van der Waals surface area contributed by atoms with Crippen molar-refractivity contribution in [2.24, 2.45) is 5.73 Å². The predicted octanol–water partition coefficient (Wildman–Crippen LogP) is 2.62. The van der Waals surface area contributed by atoms with Crippen LogP contribution in [0, 0.1) is 11.6 Å². The average Bonchev–Trinajstić information content (AvgIpc) is 2.13. The molecule has 0 radical (unpaired) electrons. The van der Waals surface area contributed by atoms with Crippen molar-refractivity contribution in [3.05, 3.63) is 39.4 Å². The predicted molar refractivity (Wildman–Crippen MR) is 56.9 cm³/mol. The monoisotopic (exact) mass is 275 g/mol. The van der Waals surface area contributed by atoms with E-state index < -0.39 is 17.5 Å². The van der Waals surface area contributed by atoms with Gasteiger partial charge in [-0.2, -0.15) is 0 Å². The molecule has 0 fully saturated rings. The molecule has 0 spiro atoms. The first-order chi connectivity index (χ1) is 6.91. The van der Waals surface area contributed by atoms with Gasteiger partial charge in [0.25, 0.3) is 0 Å². The molecule has 0 aromatic heterocycles. The highest BCUT2D eigenvalue weighted by Crippen LogP contribution is 2.24. The average molecular weight is 276 g/mol. The minimum Gasteiger partial charge on any atom is -0.366 e. The van der Waals surface area contributed by atoms with Gasteiger partial charge in [-0.1, -0.05) is 0 Å². The lowest BCUT2D eigenvalue weighted by molar-refractivity contribution is -0.114. The van der Waals surface area contributed by atoms with Gasteiger partial charge >= 0.3 is 0 Å². The summed E-state index contributed by atoms with van der Waals surface area (Å²) in [6.07, 6.45) is 1.32. The Labute approximate surface area is 93.9 Å². The van der Waals surface area contributed by atoms with E-state index >= 15 is 0 Å². The Morgan fingerprint density at radius 3 is 2.60 bits per heavy atom. The third kappa shape index (κ3) is 2.86. The van der Waals surface area contributed by atoms with Gasteiger partial charge in [0, 0.05) is 11.6 Å². The van der Waals surface area contributed by atoms with E-state index in [-0.39, 0.29) is 15.6 Å². The number of rotatable bonds is 2. The standard InChI is InChI=1S/C10H8BrF2NO/c1-5(10(14)15)2-6-3-7(12)4-8(13)9(6)11/h2-4H,1H3,(H2,14,15). The molecule has 1 rings (SSSR count). The minimum atomic E-state index is -0.724. The van der Waals surface area contributed by atoms with Crippen molar-refractivity contribution < 1.29 is 13.6 Å². The van der Waals surface area contributed by atoms with Gasteiger partial charge in [0.2, 0.25) is 5.91 Å². The van der Waals surface area contributed by atoms with E-state index in [0.717, 1.165) is 12.1 Å². The molecule has 2 nitrogen and oxygen atoms in total. The third-order valence-corrected chi connectivity index (χ3v) is 2.62. The van der Waals surface area contributed by atoms with Crippen LogP contribution in [0.1, 0.15) is 12.5 Å². The van der Waals surface area contributed by atoms with Crippen LogP contribution in [0.5, 0.6) is 0 Å². The number of carbonyl (C=O) groups excluding carboxylic acids is 1. The van der Waals surface area contributed by atoms with Crippen LogP contribution < -0.4 is 5.73 Å². The molecule has 0 bridgehead atoms. The van der Waals surface area contributed by atoms with Crippen LogP contribution in [0.25, 0.3) is 6.08 Å². The van der Waals surface area contributed by atoms with E-state index in [2.05, 4.69) is 15.9 Å². The maximum atomic E-state index is 13.1. The lowest BCUT2D eigenvalue weighted by Crippen LogP contribution is -2.11. The van der Waals surface area contributed by atoms with Crippen molar-refractivity contribution in [1.82, 2.24) is 0 Å². The van der Waals surface area contributed by atoms with Crippen LogP contribution >= 0.6 is 15.9 Å². The molecule has 0 atom stereocenters. The normalized spacial score (nSPS) is 11.6. The summed E-state index contributed by atoms with van der Waals surface area (Å²) in [4.78, 5) is 10.7. The zero-order valence-corrected chi connectivity index (χ0v) is 9.44. The highest BCUT2D eigenvalue weighted by Gasteiger charge is 2.08. The molecule has 0 unspecified atom stereocenters. The molecule has 1 aromatic carbocycles. The molecule has 0 aliphatic carbocycles. The third-order valence-electron chi connectivity index (χ3n) is 1.78. The van der Waals surface area contributed by atoms with Crippen molar-refractivity contribution >= 4 is 27.9 Å². The molecule has 0 aliphatic rings. The Morgan fingerprint density at radius 1 is 1.47 bits per heavy atom. The summed E-state index contributed by atoms with van der Waals surface area (Å²) in [5.41, 5.74) is 5.46. The molecule has 2 N–H and O–H groups in total. The largest absolute Gasteiger partial charge is 0.366 e. The van der Waals surface area contributed by atoms with Crippen LogP contribution in [0.2, 0.25) is 0 Å². The van der Waals surface area contributed by atoms with Crippen molar-refractivity contribution in [3.8, 4) is 0 Å². The van der Waals surface area contributed by atoms with Gasteiger partial charge in [-0.05, 0) is 40.6 Å². The van der Waals surface area contributed by atoms with Crippen LogP contribution in [0.4, 0.5) is 8.78 Å². The Morgan fingerprint density at radius 2 is 2.07 bits per heavy atom. The zero-order valence-electron chi connectivity index (χ0n) is 7.85. The van der Waals surface area contributed by atoms with Crippen LogP contribution in [0.3, 0.4) is 0 Å². The minimum absolute atomic E-state index is 0.101. The molecule has 1 aromatic rings. The Bertz CT molecular complexity index is 443. The zero-order chi connectivity index (χ0) is 11.6. The molecule has 0 saturated carbocycles. The summed E-state index contributed by atoms with van der Waals surface area (Å²) < 4.78 is 26.0. The molecular weight excluding hydrogens is 268 g/mol. The fourth-order valence-electron chi connectivity index (χ4n) is 0.985. The Hall–Kier alpha value is -1.23. The molecule has 0 heterocycles. The first-order valence-electron chi connectivity index (χ1n) is 4.04. The van der Waals surface area contributed by atoms with Crippen LogP contribution in [0.15, 0.2) is 22.2 Å². The summed E-state index contributed by atoms with van der Waals surface area (Å²) in [7, 11) is 0. The van der Waals surface area contributed by atoms with Gasteiger partial charge in [-0.15, -0.1) is 0 Å². The smallest absolute Gasteiger partial charge is 0.244 e. The van der Waals surface area contributed by atoms with E-state index in [9.17, 15) is 13.6 Å². The quantitative estimate of drug-likeness (QED) is 0.654. The maximum absolute atomic E-state index is 13.1. The number of carbonyl (C=O) groups is 1. The number of amides is 1. The SMILES string of the molecule is CC(=Cc1cc(F)cc(F)c1Br)C(N)=O. The number of halogens is 3. The number of primary amides is 1. The lowest BCUT2D eigenvalue weighted by Gasteiger charge is -2.02. The van der Waals surface area contributed by atoms with Crippen molar-refractivity contribution in [3.63, 3.8) is 0 Å². The van der Waals surface area contributed by atoms with Gasteiger partial charge in [-0.3, -0.25) is 4.79 Å². The molecule has 80 valence electrons. The molecule has 0 saturated heterocycles. The fourth-order valence-corrected chi connectivity index (χ4v) is 1.33. The van der Waals surface area contributed by atoms with E-state index in [4.69, 9.17) is 5.73 Å². The van der Waals surface area contributed by atoms with E-state index in [1.165, 1.54) is 13.0 Å². The van der Waals surface area contributed by atoms with Gasteiger partial charge in [-0.25, -0.2) is 8.78 Å². The highest BCUT2D eigenvalue weighted by molar-refractivity contribution is 9.10. The highest BCUT2D eigenvalue weighted by atomic mass is 79.9. The number of benzene rings is 1. The first-order valence-corrected chi connectivity index (χ1v) is 4.83. The summed E-state index contributed by atoms with van der Waals surface area (Å²) in [6, 6.07) is 1.86. The number of hydrogen-bond acceptors (Lipinski definition) is 1. The second-order valence-corrected chi connectivity index (χ2v) is 3.78. The Balaban J connectivity index is 3.26. The van der Waals surface area contributed by atoms with Gasteiger partial charge in [0.15, 0.2) is 0 Å². The van der Waals surface area contributed by atoms with Gasteiger partial charge in [0.1, 0.15) is 11.6 Å². The summed E-state index contributed by atoms with van der Waals surface area (Å²) in [6.45, 7) is 1.47. The summed E-state index contributed by atoms with van der Waals surface area (Å²) in [5, 5.41) is 0. The van der Waals surface area contributed by atoms with E-state index in [1.807, 2.05) is 0 Å². The van der Waals surface area contributed by atoms with Gasteiger partial charge in [0.05, 0.1) is 4.47 Å². The topological polar surface area (TPSA) is 43.1 Å². The molecular formula is C10H8BrF2NO. The molecule has 15 heavy (non-hydrogen) atoms.